The van der Waals surface area contributed by atoms with Crippen molar-refractivity contribution in [2.45, 2.75) is 97.5 Å². The molecule has 0 aromatic heterocycles. The van der Waals surface area contributed by atoms with Crippen molar-refractivity contribution in [1.82, 2.24) is 0 Å². The summed E-state index contributed by atoms with van der Waals surface area (Å²) >= 11 is 0. The minimum atomic E-state index is -0.248. The Balaban J connectivity index is 3.58. The number of esters is 2. The molecule has 0 saturated heterocycles. The van der Waals surface area contributed by atoms with Gasteiger partial charge in [0.2, 0.25) is 0 Å². The van der Waals surface area contributed by atoms with Gasteiger partial charge >= 0.3 is 11.9 Å². The van der Waals surface area contributed by atoms with Crippen LogP contribution >= 0.6 is 0 Å². The van der Waals surface area contributed by atoms with E-state index < -0.39 is 0 Å². The molecule has 0 bridgehead atoms. The third kappa shape index (κ3) is 15.2. The molecule has 0 aliphatic heterocycles. The first-order chi connectivity index (χ1) is 12.5. The molecule has 0 saturated carbocycles. The number of hydrogen-bond donors (Lipinski definition) is 0. The lowest BCUT2D eigenvalue weighted by Crippen LogP contribution is -2.23. The molecule has 0 amide bonds. The van der Waals surface area contributed by atoms with Crippen LogP contribution in [0, 0.1) is 5.92 Å². The SMILES string of the molecule is CCCCCCCCCOC(=O)CCCC(=O)OC(C)C(C)CCOC. The lowest BCUT2D eigenvalue weighted by molar-refractivity contribution is -0.151. The third-order valence-corrected chi connectivity index (χ3v) is 4.67. The van der Waals surface area contributed by atoms with Gasteiger partial charge in [0.1, 0.15) is 6.10 Å². The summed E-state index contributed by atoms with van der Waals surface area (Å²) in [5.41, 5.74) is 0. The second-order valence-electron chi connectivity index (χ2n) is 7.15. The van der Waals surface area contributed by atoms with Crippen LogP contribution in [0.3, 0.4) is 0 Å². The molecular formula is C21H40O5. The fraction of sp³-hybridized carbons (Fsp3) is 0.905. The van der Waals surface area contributed by atoms with E-state index in [-0.39, 0.29) is 36.8 Å². The average molecular weight is 373 g/mol. The standard InChI is InChI=1S/C21H40O5/c1-5-6-7-8-9-10-11-16-25-20(22)13-12-14-21(23)26-19(3)18(2)15-17-24-4/h18-19H,5-17H2,1-4H3. The van der Waals surface area contributed by atoms with Gasteiger partial charge in [-0.25, -0.2) is 0 Å². The van der Waals surface area contributed by atoms with Gasteiger partial charge in [-0.3, -0.25) is 9.59 Å². The maximum Gasteiger partial charge on any atom is 0.306 e. The van der Waals surface area contributed by atoms with Crippen molar-refractivity contribution in [3.8, 4) is 0 Å². The zero-order valence-corrected chi connectivity index (χ0v) is 17.4. The van der Waals surface area contributed by atoms with Crippen molar-refractivity contribution in [2.24, 2.45) is 5.92 Å². The Kier molecular flexibility index (Phi) is 16.6. The first-order valence-electron chi connectivity index (χ1n) is 10.3. The van der Waals surface area contributed by atoms with Gasteiger partial charge in [-0.1, -0.05) is 52.4 Å². The van der Waals surface area contributed by atoms with Crippen LogP contribution in [-0.2, 0) is 23.8 Å². The highest BCUT2D eigenvalue weighted by Gasteiger charge is 2.16. The molecule has 0 aromatic rings. The molecule has 0 aliphatic carbocycles. The Morgan fingerprint density at radius 2 is 1.42 bits per heavy atom. The molecule has 154 valence electrons. The van der Waals surface area contributed by atoms with Gasteiger partial charge in [-0.2, -0.15) is 0 Å². The number of carbonyl (C=O) groups is 2. The first kappa shape index (κ1) is 24.9. The summed E-state index contributed by atoms with van der Waals surface area (Å²) in [4.78, 5) is 23.5. The minimum absolute atomic E-state index is 0.137. The van der Waals surface area contributed by atoms with Crippen molar-refractivity contribution in [3.63, 3.8) is 0 Å². The van der Waals surface area contributed by atoms with Gasteiger partial charge in [0, 0.05) is 26.6 Å². The van der Waals surface area contributed by atoms with E-state index in [1.807, 2.05) is 13.8 Å². The number of methoxy groups -OCH3 is 1. The largest absolute Gasteiger partial charge is 0.466 e. The van der Waals surface area contributed by atoms with Crippen LogP contribution in [0.4, 0.5) is 0 Å². The summed E-state index contributed by atoms with van der Waals surface area (Å²) in [6.07, 6.45) is 10.1. The molecule has 26 heavy (non-hydrogen) atoms. The van der Waals surface area contributed by atoms with Gasteiger partial charge in [-0.15, -0.1) is 0 Å². The number of rotatable bonds is 17. The summed E-state index contributed by atoms with van der Waals surface area (Å²) in [6.45, 7) is 7.30. The molecule has 0 rings (SSSR count). The zero-order valence-electron chi connectivity index (χ0n) is 17.4. The molecule has 0 spiro atoms. The van der Waals surface area contributed by atoms with Crippen molar-refractivity contribution in [3.05, 3.63) is 0 Å². The van der Waals surface area contributed by atoms with Gasteiger partial charge in [0.05, 0.1) is 6.61 Å². The Labute approximate surface area is 160 Å². The maximum atomic E-state index is 11.8. The second-order valence-corrected chi connectivity index (χ2v) is 7.15. The highest BCUT2D eigenvalue weighted by molar-refractivity contribution is 5.72. The fourth-order valence-electron chi connectivity index (χ4n) is 2.62. The Morgan fingerprint density at radius 3 is 2.08 bits per heavy atom. The summed E-state index contributed by atoms with van der Waals surface area (Å²) in [7, 11) is 1.66. The molecule has 0 N–H and O–H groups in total. The first-order valence-corrected chi connectivity index (χ1v) is 10.3. The number of unbranched alkanes of at least 4 members (excludes halogenated alkanes) is 6. The normalized spacial score (nSPS) is 13.2. The van der Waals surface area contributed by atoms with Crippen LogP contribution in [0.5, 0.6) is 0 Å². The smallest absolute Gasteiger partial charge is 0.306 e. The van der Waals surface area contributed by atoms with Crippen LogP contribution < -0.4 is 0 Å². The monoisotopic (exact) mass is 372 g/mol. The maximum absolute atomic E-state index is 11.8. The van der Waals surface area contributed by atoms with Crippen LogP contribution in [0.15, 0.2) is 0 Å². The third-order valence-electron chi connectivity index (χ3n) is 4.67. The molecule has 2 atom stereocenters. The fourth-order valence-corrected chi connectivity index (χ4v) is 2.62. The van der Waals surface area contributed by atoms with E-state index in [1.165, 1.54) is 32.1 Å². The summed E-state index contributed by atoms with van der Waals surface area (Å²) in [6, 6.07) is 0. The summed E-state index contributed by atoms with van der Waals surface area (Å²) in [5.74, 6) is -0.210. The summed E-state index contributed by atoms with van der Waals surface area (Å²) < 4.78 is 15.6. The van der Waals surface area contributed by atoms with E-state index >= 15 is 0 Å². The van der Waals surface area contributed by atoms with Gasteiger partial charge in [0.15, 0.2) is 0 Å². The lowest BCUT2D eigenvalue weighted by Gasteiger charge is -2.20. The Hall–Kier alpha value is -1.10. The molecule has 0 aliphatic rings. The van der Waals surface area contributed by atoms with Crippen molar-refractivity contribution in [1.29, 1.82) is 0 Å². The summed E-state index contributed by atoms with van der Waals surface area (Å²) in [5, 5.41) is 0. The predicted molar refractivity (Wildman–Crippen MR) is 104 cm³/mol. The van der Waals surface area contributed by atoms with Crippen LogP contribution in [0.2, 0.25) is 0 Å². The highest BCUT2D eigenvalue weighted by Crippen LogP contribution is 2.13. The van der Waals surface area contributed by atoms with Gasteiger partial charge < -0.3 is 14.2 Å². The molecule has 0 radical (unpaired) electrons. The molecule has 0 aromatic carbocycles. The quantitative estimate of drug-likeness (QED) is 0.264. The van der Waals surface area contributed by atoms with Gasteiger partial charge in [-0.05, 0) is 32.1 Å². The molecule has 5 heteroatoms. The van der Waals surface area contributed by atoms with E-state index in [4.69, 9.17) is 14.2 Å². The zero-order chi connectivity index (χ0) is 19.6. The van der Waals surface area contributed by atoms with Gasteiger partial charge in [0.25, 0.3) is 0 Å². The van der Waals surface area contributed by atoms with E-state index in [1.54, 1.807) is 7.11 Å². The van der Waals surface area contributed by atoms with E-state index in [0.717, 1.165) is 19.3 Å². The van der Waals surface area contributed by atoms with Crippen LogP contribution in [-0.4, -0.2) is 38.4 Å². The van der Waals surface area contributed by atoms with Crippen molar-refractivity contribution >= 4 is 11.9 Å². The van der Waals surface area contributed by atoms with E-state index in [0.29, 0.717) is 19.6 Å². The minimum Gasteiger partial charge on any atom is -0.466 e. The van der Waals surface area contributed by atoms with Crippen LogP contribution in [0.1, 0.15) is 91.4 Å². The molecule has 0 fully saturated rings. The average Bonchev–Trinajstić information content (AvgIpc) is 2.61. The lowest BCUT2D eigenvalue weighted by atomic mass is 10.0. The molecular weight excluding hydrogens is 332 g/mol. The topological polar surface area (TPSA) is 61.8 Å². The molecule has 0 heterocycles. The van der Waals surface area contributed by atoms with Crippen molar-refractivity contribution < 1.29 is 23.8 Å². The van der Waals surface area contributed by atoms with E-state index in [9.17, 15) is 9.59 Å². The Bertz CT molecular complexity index is 356. The Morgan fingerprint density at radius 1 is 0.808 bits per heavy atom. The number of hydrogen-bond acceptors (Lipinski definition) is 5. The highest BCUT2D eigenvalue weighted by atomic mass is 16.5. The molecule has 2 unspecified atom stereocenters. The second kappa shape index (κ2) is 17.3. The number of ether oxygens (including phenoxy) is 3. The molecule has 5 nitrogen and oxygen atoms in total. The van der Waals surface area contributed by atoms with Crippen molar-refractivity contribution in [2.75, 3.05) is 20.3 Å². The van der Waals surface area contributed by atoms with E-state index in [2.05, 4.69) is 6.92 Å². The number of carbonyl (C=O) groups excluding carboxylic acids is 2. The van der Waals surface area contributed by atoms with Crippen LogP contribution in [0.25, 0.3) is 0 Å². The predicted octanol–water partition coefficient (Wildman–Crippen LogP) is 5.05.